The highest BCUT2D eigenvalue weighted by Gasteiger charge is 2.19. The Morgan fingerprint density at radius 1 is 0.389 bits per heavy atom. The summed E-state index contributed by atoms with van der Waals surface area (Å²) in [4.78, 5) is 8.91. The van der Waals surface area contributed by atoms with Crippen LogP contribution in [0.15, 0.2) is 122 Å². The molecule has 0 aliphatic heterocycles. The molecule has 0 N–H and O–H groups in total. The second-order valence-electron chi connectivity index (χ2n) is 9.18. The first-order valence-electron chi connectivity index (χ1n) is 12.2. The van der Waals surface area contributed by atoms with Gasteiger partial charge in [-0.3, -0.25) is 9.97 Å². The number of nitrogens with zero attached hydrogens (tertiary/aromatic N) is 2. The number of aromatic nitrogens is 2. The molecule has 0 saturated carbocycles. The Kier molecular flexibility index (Phi) is 5.63. The molecule has 0 spiro atoms. The van der Waals surface area contributed by atoms with Gasteiger partial charge in [-0.15, -0.1) is 0 Å². The third kappa shape index (κ3) is 3.77. The molecular formula is C34H26N2. The predicted octanol–water partition coefficient (Wildman–Crippen LogP) is 8.91. The van der Waals surface area contributed by atoms with Gasteiger partial charge in [0.25, 0.3) is 0 Å². The smallest absolute Gasteiger partial charge is 0.0346 e. The van der Waals surface area contributed by atoms with E-state index < -0.39 is 0 Å². The van der Waals surface area contributed by atoms with Gasteiger partial charge in [0.05, 0.1) is 0 Å². The summed E-state index contributed by atoms with van der Waals surface area (Å²) >= 11 is 0. The fourth-order valence-electron chi connectivity index (χ4n) is 5.22. The summed E-state index contributed by atoms with van der Waals surface area (Å²) in [6.07, 6.45) is 7.58. The highest BCUT2D eigenvalue weighted by Crippen LogP contribution is 2.46. The molecule has 2 heteroatoms. The van der Waals surface area contributed by atoms with E-state index in [1.54, 1.807) is 0 Å². The van der Waals surface area contributed by atoms with E-state index >= 15 is 0 Å². The van der Waals surface area contributed by atoms with Crippen LogP contribution in [0.2, 0.25) is 0 Å². The van der Waals surface area contributed by atoms with Crippen molar-refractivity contribution in [2.75, 3.05) is 0 Å². The normalized spacial score (nSPS) is 11.1. The Morgan fingerprint density at radius 3 is 1.19 bits per heavy atom. The number of aryl methyl sites for hydroxylation is 2. The topological polar surface area (TPSA) is 25.8 Å². The third-order valence-corrected chi connectivity index (χ3v) is 6.98. The molecule has 2 aromatic heterocycles. The van der Waals surface area contributed by atoms with Crippen LogP contribution in [0, 0.1) is 13.8 Å². The zero-order valence-electron chi connectivity index (χ0n) is 20.4. The summed E-state index contributed by atoms with van der Waals surface area (Å²) in [6, 6.07) is 34.6. The average molecular weight is 463 g/mol. The fraction of sp³-hybridized carbons (Fsp3) is 0.0588. The Bertz CT molecular complexity index is 1560. The van der Waals surface area contributed by atoms with Crippen molar-refractivity contribution in [1.82, 2.24) is 9.97 Å². The molecule has 2 nitrogen and oxygen atoms in total. The van der Waals surface area contributed by atoms with E-state index in [2.05, 4.69) is 109 Å². The lowest BCUT2D eigenvalue weighted by Crippen LogP contribution is -1.95. The zero-order chi connectivity index (χ0) is 24.5. The molecule has 0 amide bonds. The van der Waals surface area contributed by atoms with Gasteiger partial charge in [0.15, 0.2) is 0 Å². The molecule has 4 aromatic carbocycles. The van der Waals surface area contributed by atoms with E-state index in [-0.39, 0.29) is 0 Å². The minimum atomic E-state index is 1.11. The summed E-state index contributed by atoms with van der Waals surface area (Å²) in [6.45, 7) is 4.37. The number of pyridine rings is 2. The van der Waals surface area contributed by atoms with Crippen LogP contribution < -0.4 is 0 Å². The van der Waals surface area contributed by atoms with Crippen molar-refractivity contribution in [3.05, 3.63) is 133 Å². The minimum Gasteiger partial charge on any atom is -0.264 e. The van der Waals surface area contributed by atoms with Crippen LogP contribution in [-0.4, -0.2) is 9.97 Å². The van der Waals surface area contributed by atoms with Gasteiger partial charge < -0.3 is 0 Å². The molecule has 172 valence electrons. The maximum Gasteiger partial charge on any atom is 0.0346 e. The first-order chi connectivity index (χ1) is 17.7. The molecule has 0 aliphatic rings. The number of fused-ring (bicyclic) bond motifs is 1. The van der Waals surface area contributed by atoms with Crippen LogP contribution in [0.4, 0.5) is 0 Å². The van der Waals surface area contributed by atoms with Crippen LogP contribution in [-0.2, 0) is 0 Å². The summed E-state index contributed by atoms with van der Waals surface area (Å²) in [5.41, 5.74) is 12.0. The van der Waals surface area contributed by atoms with Crippen LogP contribution >= 0.6 is 0 Å². The fourth-order valence-corrected chi connectivity index (χ4v) is 5.22. The van der Waals surface area contributed by atoms with Crippen molar-refractivity contribution in [1.29, 1.82) is 0 Å². The molecule has 0 bridgehead atoms. The first kappa shape index (κ1) is 21.9. The second kappa shape index (κ2) is 9.24. The molecular weight excluding hydrogens is 436 g/mol. The van der Waals surface area contributed by atoms with Gasteiger partial charge in [0, 0.05) is 35.9 Å². The lowest BCUT2D eigenvalue weighted by atomic mass is 9.83. The summed E-state index contributed by atoms with van der Waals surface area (Å²) in [5, 5.41) is 2.47. The highest BCUT2D eigenvalue weighted by atomic mass is 14.6. The third-order valence-electron chi connectivity index (χ3n) is 6.98. The molecule has 0 aliphatic carbocycles. The monoisotopic (exact) mass is 462 g/mol. The molecule has 0 radical (unpaired) electrons. The van der Waals surface area contributed by atoms with E-state index in [4.69, 9.17) is 0 Å². The van der Waals surface area contributed by atoms with Gasteiger partial charge in [-0.25, -0.2) is 0 Å². The van der Waals surface area contributed by atoms with Crippen molar-refractivity contribution in [3.8, 4) is 44.5 Å². The van der Waals surface area contributed by atoms with Crippen molar-refractivity contribution < 1.29 is 0 Å². The molecule has 36 heavy (non-hydrogen) atoms. The van der Waals surface area contributed by atoms with E-state index in [1.165, 1.54) is 55.3 Å². The standard InChI is InChI=1S/C34H26N2/c1-23-9-3-5-13-27(23)31-17-15-30(26-12-8-20-36-22-26)34-32(28-14-6-4-10-24(28)2)18-16-29(33(31)34)25-11-7-19-35-21-25/h3-22H,1-2H3. The summed E-state index contributed by atoms with van der Waals surface area (Å²) in [7, 11) is 0. The lowest BCUT2D eigenvalue weighted by Gasteiger charge is -2.21. The highest BCUT2D eigenvalue weighted by molar-refractivity contribution is 6.17. The minimum absolute atomic E-state index is 1.11. The largest absolute Gasteiger partial charge is 0.264 e. The van der Waals surface area contributed by atoms with Crippen molar-refractivity contribution >= 4 is 10.8 Å². The van der Waals surface area contributed by atoms with Crippen molar-refractivity contribution in [2.24, 2.45) is 0 Å². The van der Waals surface area contributed by atoms with Crippen LogP contribution in [0.1, 0.15) is 11.1 Å². The number of hydrogen-bond donors (Lipinski definition) is 0. The van der Waals surface area contributed by atoms with Crippen molar-refractivity contribution in [2.45, 2.75) is 13.8 Å². The Balaban J connectivity index is 1.83. The Labute approximate surface area is 212 Å². The Hall–Kier alpha value is -4.56. The first-order valence-corrected chi connectivity index (χ1v) is 12.2. The molecule has 0 unspecified atom stereocenters. The number of rotatable bonds is 4. The number of benzene rings is 4. The van der Waals surface area contributed by atoms with Crippen LogP contribution in [0.3, 0.4) is 0 Å². The van der Waals surface area contributed by atoms with Gasteiger partial charge in [-0.05, 0) is 81.3 Å². The summed E-state index contributed by atoms with van der Waals surface area (Å²) in [5.74, 6) is 0. The average Bonchev–Trinajstić information content (AvgIpc) is 2.94. The Morgan fingerprint density at radius 2 is 0.806 bits per heavy atom. The molecule has 0 saturated heterocycles. The quantitative estimate of drug-likeness (QED) is 0.261. The summed E-state index contributed by atoms with van der Waals surface area (Å²) < 4.78 is 0. The molecule has 0 fully saturated rings. The molecule has 2 heterocycles. The maximum atomic E-state index is 4.45. The molecule has 6 rings (SSSR count). The molecule has 0 atom stereocenters. The molecule has 6 aromatic rings. The van der Waals surface area contributed by atoms with Crippen LogP contribution in [0.5, 0.6) is 0 Å². The van der Waals surface area contributed by atoms with E-state index in [0.29, 0.717) is 0 Å². The van der Waals surface area contributed by atoms with E-state index in [0.717, 1.165) is 11.1 Å². The SMILES string of the molecule is Cc1ccccc1-c1ccc(-c2cccnc2)c2c(-c3ccccc3C)ccc(-c3cccnc3)c12. The van der Waals surface area contributed by atoms with Crippen LogP contribution in [0.25, 0.3) is 55.3 Å². The van der Waals surface area contributed by atoms with Gasteiger partial charge in [-0.1, -0.05) is 84.9 Å². The van der Waals surface area contributed by atoms with Gasteiger partial charge in [-0.2, -0.15) is 0 Å². The van der Waals surface area contributed by atoms with Gasteiger partial charge in [0.1, 0.15) is 0 Å². The predicted molar refractivity (Wildman–Crippen MR) is 151 cm³/mol. The lowest BCUT2D eigenvalue weighted by molar-refractivity contribution is 1.33. The van der Waals surface area contributed by atoms with Crippen molar-refractivity contribution in [3.63, 3.8) is 0 Å². The number of hydrogen-bond acceptors (Lipinski definition) is 2. The maximum absolute atomic E-state index is 4.45. The van der Waals surface area contributed by atoms with Gasteiger partial charge in [0.2, 0.25) is 0 Å². The van der Waals surface area contributed by atoms with E-state index in [9.17, 15) is 0 Å². The van der Waals surface area contributed by atoms with Gasteiger partial charge >= 0.3 is 0 Å². The van der Waals surface area contributed by atoms with E-state index in [1.807, 2.05) is 36.9 Å². The second-order valence-corrected chi connectivity index (χ2v) is 9.18. The zero-order valence-corrected chi connectivity index (χ0v) is 20.4.